The Balaban J connectivity index is 0.00000132. The van der Waals surface area contributed by atoms with E-state index in [0.29, 0.717) is 19.0 Å². The molecule has 0 radical (unpaired) electrons. The van der Waals surface area contributed by atoms with Gasteiger partial charge in [0.1, 0.15) is 5.82 Å². The number of fused-ring (bicyclic) bond motifs is 1. The van der Waals surface area contributed by atoms with E-state index in [2.05, 4.69) is 21.1 Å². The molecule has 0 saturated heterocycles. The summed E-state index contributed by atoms with van der Waals surface area (Å²) in [4.78, 5) is 16.9. The second-order valence-electron chi connectivity index (χ2n) is 6.37. The number of carbonyl (C=O) groups excluding carboxylic acids is 1. The van der Waals surface area contributed by atoms with Crippen LogP contribution in [0.15, 0.2) is 6.20 Å². The molecule has 0 aromatic carbocycles. The largest absolute Gasteiger partial charge is 0.355 e. The molecule has 2 heterocycles. The lowest BCUT2D eigenvalue weighted by Crippen LogP contribution is -2.36. The van der Waals surface area contributed by atoms with Crippen LogP contribution in [0.25, 0.3) is 0 Å². The lowest BCUT2D eigenvalue weighted by Gasteiger charge is -2.17. The number of aromatic nitrogens is 2. The highest BCUT2D eigenvalue weighted by atomic mass is 35.5. The molecule has 2 aliphatic rings. The standard InChI is InChI=1S/C16H26N4O.2ClH/c17-10-12-4-3-5-14(12)16(21)18-8-7-13-11-20-9-2-1-6-15(20)19-13;;/h11-12,14H,1-10,17H2,(H,18,21);2*1H/t12-,14-;;/m1../s1. The molecule has 23 heavy (non-hydrogen) atoms. The van der Waals surface area contributed by atoms with Gasteiger partial charge in [-0.15, -0.1) is 24.8 Å². The predicted molar refractivity (Wildman–Crippen MR) is 96.3 cm³/mol. The van der Waals surface area contributed by atoms with Gasteiger partial charge in [0.25, 0.3) is 0 Å². The summed E-state index contributed by atoms with van der Waals surface area (Å²) in [6, 6.07) is 0. The van der Waals surface area contributed by atoms with Crippen LogP contribution in [-0.2, 0) is 24.2 Å². The van der Waals surface area contributed by atoms with Gasteiger partial charge < -0.3 is 15.6 Å². The maximum absolute atomic E-state index is 12.2. The zero-order valence-electron chi connectivity index (χ0n) is 13.5. The van der Waals surface area contributed by atoms with Crippen LogP contribution in [0.3, 0.4) is 0 Å². The third-order valence-corrected chi connectivity index (χ3v) is 4.94. The number of hydrogen-bond acceptors (Lipinski definition) is 3. The van der Waals surface area contributed by atoms with E-state index in [9.17, 15) is 4.79 Å². The van der Waals surface area contributed by atoms with Crippen molar-refractivity contribution >= 4 is 30.7 Å². The SMILES string of the molecule is Cl.Cl.NC[C@H]1CCC[C@H]1C(=O)NCCc1cn2c(n1)CCCC2. The van der Waals surface area contributed by atoms with Gasteiger partial charge in [-0.3, -0.25) is 4.79 Å². The summed E-state index contributed by atoms with van der Waals surface area (Å²) < 4.78 is 2.27. The van der Waals surface area contributed by atoms with Crippen LogP contribution in [0, 0.1) is 11.8 Å². The molecule has 0 unspecified atom stereocenters. The number of nitrogens with two attached hydrogens (primary N) is 1. The minimum absolute atomic E-state index is 0. The molecule has 1 aromatic rings. The smallest absolute Gasteiger partial charge is 0.223 e. The lowest BCUT2D eigenvalue weighted by molar-refractivity contribution is -0.125. The average molecular weight is 363 g/mol. The van der Waals surface area contributed by atoms with E-state index in [1.165, 1.54) is 18.7 Å². The Kier molecular flexibility index (Phi) is 8.37. The molecule has 0 bridgehead atoms. The summed E-state index contributed by atoms with van der Waals surface area (Å²) in [5, 5.41) is 3.07. The van der Waals surface area contributed by atoms with Gasteiger partial charge in [0.2, 0.25) is 5.91 Å². The Labute approximate surface area is 150 Å². The molecule has 3 rings (SSSR count). The molecule has 1 aliphatic heterocycles. The topological polar surface area (TPSA) is 72.9 Å². The van der Waals surface area contributed by atoms with Crippen molar-refractivity contribution in [3.8, 4) is 0 Å². The molecule has 1 saturated carbocycles. The molecule has 5 nitrogen and oxygen atoms in total. The van der Waals surface area contributed by atoms with E-state index in [-0.39, 0.29) is 36.6 Å². The normalized spacial score (nSPS) is 22.7. The highest BCUT2D eigenvalue weighted by molar-refractivity contribution is 5.85. The third kappa shape index (κ3) is 4.85. The van der Waals surface area contributed by atoms with Gasteiger partial charge in [-0.1, -0.05) is 6.42 Å². The van der Waals surface area contributed by atoms with Crippen molar-refractivity contribution in [1.82, 2.24) is 14.9 Å². The number of nitrogens with zero attached hydrogens (tertiary/aromatic N) is 2. The van der Waals surface area contributed by atoms with Crippen molar-refractivity contribution in [3.63, 3.8) is 0 Å². The monoisotopic (exact) mass is 362 g/mol. The van der Waals surface area contributed by atoms with Crippen molar-refractivity contribution < 1.29 is 4.79 Å². The summed E-state index contributed by atoms with van der Waals surface area (Å²) in [6.07, 6.45) is 9.79. The zero-order chi connectivity index (χ0) is 14.7. The van der Waals surface area contributed by atoms with Crippen LogP contribution < -0.4 is 11.1 Å². The van der Waals surface area contributed by atoms with E-state index in [1.807, 2.05) is 0 Å². The maximum Gasteiger partial charge on any atom is 0.223 e. The second kappa shape index (κ2) is 9.50. The average Bonchev–Trinajstić information content (AvgIpc) is 3.12. The van der Waals surface area contributed by atoms with Crippen molar-refractivity contribution in [2.24, 2.45) is 17.6 Å². The molecule has 7 heteroatoms. The van der Waals surface area contributed by atoms with Gasteiger partial charge >= 0.3 is 0 Å². The van der Waals surface area contributed by atoms with Crippen molar-refractivity contribution in [3.05, 3.63) is 17.7 Å². The highest BCUT2D eigenvalue weighted by Crippen LogP contribution is 2.30. The van der Waals surface area contributed by atoms with E-state index < -0.39 is 0 Å². The first kappa shape index (κ1) is 20.3. The Morgan fingerprint density at radius 1 is 1.30 bits per heavy atom. The first-order valence-corrected chi connectivity index (χ1v) is 8.30. The number of rotatable bonds is 5. The molecule has 1 aromatic heterocycles. The van der Waals surface area contributed by atoms with Gasteiger partial charge in [0.15, 0.2) is 0 Å². The number of halogens is 2. The summed E-state index contributed by atoms with van der Waals surface area (Å²) >= 11 is 0. The number of nitrogens with one attached hydrogen (secondary N) is 1. The molecular weight excluding hydrogens is 335 g/mol. The number of hydrogen-bond donors (Lipinski definition) is 2. The minimum atomic E-state index is 0. The first-order chi connectivity index (χ1) is 10.3. The van der Waals surface area contributed by atoms with Crippen LogP contribution in [-0.4, -0.2) is 28.5 Å². The maximum atomic E-state index is 12.2. The molecule has 132 valence electrons. The molecule has 1 aliphatic carbocycles. The molecule has 1 amide bonds. The fourth-order valence-corrected chi connectivity index (χ4v) is 3.70. The first-order valence-electron chi connectivity index (χ1n) is 8.30. The van der Waals surface area contributed by atoms with Crippen LogP contribution in [0.5, 0.6) is 0 Å². The molecule has 3 N–H and O–H groups in total. The van der Waals surface area contributed by atoms with Crippen LogP contribution >= 0.6 is 24.8 Å². The number of carbonyl (C=O) groups is 1. The molecule has 2 atom stereocenters. The van der Waals surface area contributed by atoms with Crippen LogP contribution in [0.2, 0.25) is 0 Å². The van der Waals surface area contributed by atoms with Gasteiger partial charge in [-0.25, -0.2) is 4.98 Å². The summed E-state index contributed by atoms with van der Waals surface area (Å²) in [6.45, 7) is 2.41. The van der Waals surface area contributed by atoms with Crippen molar-refractivity contribution in [2.75, 3.05) is 13.1 Å². The Bertz CT molecular complexity index is 483. The number of imidazole rings is 1. The third-order valence-electron chi connectivity index (χ3n) is 4.94. The van der Waals surface area contributed by atoms with E-state index >= 15 is 0 Å². The molecule has 0 spiro atoms. The lowest BCUT2D eigenvalue weighted by atomic mass is 9.95. The van der Waals surface area contributed by atoms with Crippen LogP contribution in [0.4, 0.5) is 0 Å². The Morgan fingerprint density at radius 2 is 2.13 bits per heavy atom. The number of amides is 1. The second-order valence-corrected chi connectivity index (χ2v) is 6.37. The molecule has 1 fully saturated rings. The van der Waals surface area contributed by atoms with E-state index in [1.54, 1.807) is 0 Å². The van der Waals surface area contributed by atoms with Gasteiger partial charge in [0, 0.05) is 38.0 Å². The minimum Gasteiger partial charge on any atom is -0.355 e. The quantitative estimate of drug-likeness (QED) is 0.842. The van der Waals surface area contributed by atoms with Gasteiger partial charge in [0.05, 0.1) is 5.69 Å². The van der Waals surface area contributed by atoms with Crippen molar-refractivity contribution in [1.29, 1.82) is 0 Å². The van der Waals surface area contributed by atoms with E-state index in [4.69, 9.17) is 5.73 Å². The predicted octanol–water partition coefficient (Wildman–Crippen LogP) is 2.10. The van der Waals surface area contributed by atoms with Gasteiger partial charge in [-0.05, 0) is 38.1 Å². The Hall–Kier alpha value is -0.780. The van der Waals surface area contributed by atoms with E-state index in [0.717, 1.165) is 44.3 Å². The highest BCUT2D eigenvalue weighted by Gasteiger charge is 2.31. The summed E-state index contributed by atoms with van der Waals surface area (Å²) in [5.41, 5.74) is 6.85. The van der Waals surface area contributed by atoms with Crippen LogP contribution in [0.1, 0.15) is 43.6 Å². The number of aryl methyl sites for hydroxylation is 2. The molecular formula is C16H28Cl2N4O. The summed E-state index contributed by atoms with van der Waals surface area (Å²) in [5.74, 6) is 1.91. The van der Waals surface area contributed by atoms with Gasteiger partial charge in [-0.2, -0.15) is 0 Å². The fourth-order valence-electron chi connectivity index (χ4n) is 3.70. The zero-order valence-corrected chi connectivity index (χ0v) is 15.1. The van der Waals surface area contributed by atoms with Crippen molar-refractivity contribution in [2.45, 2.75) is 51.5 Å². The fraction of sp³-hybridized carbons (Fsp3) is 0.750. The summed E-state index contributed by atoms with van der Waals surface area (Å²) in [7, 11) is 0. The Morgan fingerprint density at radius 3 is 2.87 bits per heavy atom.